The molecule has 4 rings (SSSR count). The lowest BCUT2D eigenvalue weighted by molar-refractivity contribution is -0.231. The Morgan fingerprint density at radius 3 is 2.41 bits per heavy atom. The fraction of sp³-hybridized carbons (Fsp3) is 0.391. The van der Waals surface area contributed by atoms with Crippen molar-refractivity contribution in [1.29, 1.82) is 0 Å². The molecule has 4 N–H and O–H groups in total. The van der Waals surface area contributed by atoms with E-state index in [4.69, 9.17) is 13.9 Å². The molecule has 1 aliphatic rings. The second-order valence-electron chi connectivity index (χ2n) is 7.81. The van der Waals surface area contributed by atoms with Gasteiger partial charge in [-0.3, -0.25) is 0 Å². The summed E-state index contributed by atoms with van der Waals surface area (Å²) in [5.74, 6) is 1.44. The first kappa shape index (κ1) is 22.4. The number of benzene rings is 2. The second kappa shape index (κ2) is 8.97. The van der Waals surface area contributed by atoms with Crippen LogP contribution in [0.2, 0.25) is 0 Å². The minimum atomic E-state index is -1.44. The number of ether oxygens (including phenoxy) is 2. The van der Waals surface area contributed by atoms with E-state index in [0.717, 1.165) is 16.7 Å². The van der Waals surface area contributed by atoms with E-state index in [1.54, 1.807) is 20.1 Å². The van der Waals surface area contributed by atoms with Gasteiger partial charge in [-0.1, -0.05) is 18.2 Å². The zero-order chi connectivity index (χ0) is 23.0. The fourth-order valence-electron chi connectivity index (χ4n) is 4.07. The lowest BCUT2D eigenvalue weighted by atomic mass is 9.86. The molecule has 1 fully saturated rings. The molecule has 0 aliphatic carbocycles. The number of aliphatic hydroxyl groups excluding tert-OH is 4. The van der Waals surface area contributed by atoms with Crippen molar-refractivity contribution >= 4 is 0 Å². The molecule has 1 aliphatic heterocycles. The summed E-state index contributed by atoms with van der Waals surface area (Å²) in [6.45, 7) is 3.11. The van der Waals surface area contributed by atoms with Gasteiger partial charge in [-0.2, -0.15) is 0 Å². The summed E-state index contributed by atoms with van der Waals surface area (Å²) < 4.78 is 16.9. The Kier molecular flexibility index (Phi) is 6.27. The van der Waals surface area contributed by atoms with E-state index in [0.29, 0.717) is 28.7 Å². The highest BCUT2D eigenvalue weighted by Gasteiger charge is 2.44. The Morgan fingerprint density at radius 2 is 1.75 bits per heavy atom. The monoisotopic (exact) mass is 442 g/mol. The Balaban J connectivity index is 1.74. The molecule has 5 atom stereocenters. The van der Waals surface area contributed by atoms with Gasteiger partial charge in [-0.05, 0) is 41.8 Å². The van der Waals surface area contributed by atoms with Gasteiger partial charge >= 0.3 is 0 Å². The van der Waals surface area contributed by atoms with Gasteiger partial charge in [-0.15, -0.1) is 10.2 Å². The first-order valence-electron chi connectivity index (χ1n) is 10.2. The molecule has 32 heavy (non-hydrogen) atoms. The normalized spacial score (nSPS) is 25.7. The second-order valence-corrected chi connectivity index (χ2v) is 7.81. The maximum absolute atomic E-state index is 10.6. The zero-order valence-electron chi connectivity index (χ0n) is 18.0. The third-order valence-electron chi connectivity index (χ3n) is 5.84. The average Bonchev–Trinajstić information content (AvgIpc) is 3.24. The third kappa shape index (κ3) is 3.89. The molecular weight excluding hydrogens is 416 g/mol. The van der Waals surface area contributed by atoms with Crippen molar-refractivity contribution in [3.8, 4) is 28.3 Å². The highest BCUT2D eigenvalue weighted by atomic mass is 16.5. The fourth-order valence-corrected chi connectivity index (χ4v) is 4.07. The Hall–Kier alpha value is -2.82. The summed E-state index contributed by atoms with van der Waals surface area (Å²) in [4.78, 5) is 0. The molecule has 170 valence electrons. The number of aryl methyl sites for hydroxylation is 1. The molecule has 0 bridgehead atoms. The standard InChI is InChI=1S/C23H26N2O7/c1-11-14(16-8-7-13(9-17(16)30-3)23-25-24-12(2)31-23)5-4-6-15(11)22-21(29)20(28)19(27)18(10-26)32-22/h4-9,18-22,26-29H,10H2,1-3H3/t18?,19-,20?,21?,22-/m1/s1. The molecule has 0 saturated carbocycles. The zero-order valence-corrected chi connectivity index (χ0v) is 18.0. The molecule has 0 radical (unpaired) electrons. The van der Waals surface area contributed by atoms with Crippen LogP contribution in [0.1, 0.15) is 23.1 Å². The van der Waals surface area contributed by atoms with Gasteiger partial charge in [0.1, 0.15) is 36.3 Å². The van der Waals surface area contributed by atoms with E-state index in [1.807, 2.05) is 37.3 Å². The van der Waals surface area contributed by atoms with E-state index >= 15 is 0 Å². The minimum Gasteiger partial charge on any atom is -0.496 e. The van der Waals surface area contributed by atoms with Crippen LogP contribution in [0.25, 0.3) is 22.6 Å². The smallest absolute Gasteiger partial charge is 0.247 e. The van der Waals surface area contributed by atoms with Crippen molar-refractivity contribution in [2.45, 2.75) is 44.4 Å². The number of methoxy groups -OCH3 is 1. The SMILES string of the molecule is COc1cc(-c2nnc(C)o2)ccc1-c1cccc([C@H]2OC(CO)[C@@H](O)C(O)C2O)c1C. The summed E-state index contributed by atoms with van der Waals surface area (Å²) in [7, 11) is 1.57. The van der Waals surface area contributed by atoms with E-state index in [-0.39, 0.29) is 0 Å². The van der Waals surface area contributed by atoms with Crippen LogP contribution < -0.4 is 4.74 Å². The van der Waals surface area contributed by atoms with Crippen LogP contribution in [0.15, 0.2) is 40.8 Å². The number of aromatic nitrogens is 2. The van der Waals surface area contributed by atoms with Gasteiger partial charge in [0.25, 0.3) is 0 Å². The number of rotatable bonds is 5. The molecule has 9 heteroatoms. The summed E-state index contributed by atoms with van der Waals surface area (Å²) in [5, 5.41) is 48.3. The molecule has 1 aromatic heterocycles. The third-order valence-corrected chi connectivity index (χ3v) is 5.84. The van der Waals surface area contributed by atoms with Crippen LogP contribution in [0.5, 0.6) is 5.75 Å². The maximum atomic E-state index is 10.6. The van der Waals surface area contributed by atoms with Crippen molar-refractivity contribution < 1.29 is 34.3 Å². The average molecular weight is 442 g/mol. The number of aliphatic hydroxyl groups is 4. The van der Waals surface area contributed by atoms with Crippen LogP contribution in [0.4, 0.5) is 0 Å². The molecule has 9 nitrogen and oxygen atoms in total. The van der Waals surface area contributed by atoms with Gasteiger partial charge in [0, 0.05) is 18.1 Å². The molecule has 3 unspecified atom stereocenters. The summed E-state index contributed by atoms with van der Waals surface area (Å²) >= 11 is 0. The van der Waals surface area contributed by atoms with Gasteiger partial charge < -0.3 is 34.3 Å². The van der Waals surface area contributed by atoms with Crippen molar-refractivity contribution in [3.63, 3.8) is 0 Å². The topological polar surface area (TPSA) is 138 Å². The number of nitrogens with zero attached hydrogens (tertiary/aromatic N) is 2. The minimum absolute atomic E-state index is 0.388. The van der Waals surface area contributed by atoms with Crippen molar-refractivity contribution in [1.82, 2.24) is 10.2 Å². The predicted octanol–water partition coefficient (Wildman–Crippen LogP) is 1.54. The van der Waals surface area contributed by atoms with E-state index in [1.165, 1.54) is 0 Å². The Labute approximate surface area is 184 Å². The van der Waals surface area contributed by atoms with Crippen LogP contribution in [0, 0.1) is 13.8 Å². The van der Waals surface area contributed by atoms with Crippen LogP contribution in [-0.4, -0.2) is 68.8 Å². The lowest BCUT2D eigenvalue weighted by Gasteiger charge is -2.40. The predicted molar refractivity (Wildman–Crippen MR) is 114 cm³/mol. The van der Waals surface area contributed by atoms with Gasteiger partial charge in [-0.25, -0.2) is 0 Å². The van der Waals surface area contributed by atoms with Crippen molar-refractivity contribution in [2.24, 2.45) is 0 Å². The van der Waals surface area contributed by atoms with Gasteiger partial charge in [0.05, 0.1) is 13.7 Å². The van der Waals surface area contributed by atoms with Crippen molar-refractivity contribution in [2.75, 3.05) is 13.7 Å². The van der Waals surface area contributed by atoms with Crippen LogP contribution >= 0.6 is 0 Å². The highest BCUT2D eigenvalue weighted by Crippen LogP contribution is 2.40. The molecular formula is C23H26N2O7. The molecule has 2 aromatic carbocycles. The highest BCUT2D eigenvalue weighted by molar-refractivity contribution is 5.77. The largest absolute Gasteiger partial charge is 0.496 e. The van der Waals surface area contributed by atoms with Gasteiger partial charge in [0.15, 0.2) is 0 Å². The van der Waals surface area contributed by atoms with E-state index in [9.17, 15) is 20.4 Å². The summed E-state index contributed by atoms with van der Waals surface area (Å²) in [6.07, 6.45) is -6.10. The molecule has 3 aromatic rings. The van der Waals surface area contributed by atoms with E-state index in [2.05, 4.69) is 10.2 Å². The molecule has 1 saturated heterocycles. The van der Waals surface area contributed by atoms with Crippen LogP contribution in [-0.2, 0) is 4.74 Å². The molecule has 0 spiro atoms. The summed E-state index contributed by atoms with van der Waals surface area (Å²) in [5.41, 5.74) is 3.80. The quantitative estimate of drug-likeness (QED) is 0.463. The molecule has 0 amide bonds. The number of hydrogen-bond donors (Lipinski definition) is 4. The first-order valence-corrected chi connectivity index (χ1v) is 10.2. The number of hydrogen-bond acceptors (Lipinski definition) is 9. The van der Waals surface area contributed by atoms with Crippen molar-refractivity contribution in [3.05, 3.63) is 53.4 Å². The molecule has 2 heterocycles. The first-order chi connectivity index (χ1) is 15.3. The lowest BCUT2D eigenvalue weighted by Crippen LogP contribution is -2.55. The van der Waals surface area contributed by atoms with E-state index < -0.39 is 37.1 Å². The maximum Gasteiger partial charge on any atom is 0.247 e. The Bertz CT molecular complexity index is 1100. The van der Waals surface area contributed by atoms with Crippen LogP contribution in [0.3, 0.4) is 0 Å². The van der Waals surface area contributed by atoms with Gasteiger partial charge in [0.2, 0.25) is 11.8 Å². The summed E-state index contributed by atoms with van der Waals surface area (Å²) in [6, 6.07) is 11.1. The Morgan fingerprint density at radius 1 is 0.969 bits per heavy atom.